The quantitative estimate of drug-likeness (QED) is 0.692. The van der Waals surface area contributed by atoms with E-state index in [-0.39, 0.29) is 33.8 Å². The predicted molar refractivity (Wildman–Crippen MR) is 61.5 cm³/mol. The van der Waals surface area contributed by atoms with Crippen LogP contribution in [0.5, 0.6) is 17.2 Å². The minimum absolute atomic E-state index is 0.0372. The van der Waals surface area contributed by atoms with Crippen molar-refractivity contribution in [2.24, 2.45) is 0 Å². The molecule has 3 N–H and O–H groups in total. The van der Waals surface area contributed by atoms with Crippen molar-refractivity contribution in [3.05, 3.63) is 28.1 Å². The summed E-state index contributed by atoms with van der Waals surface area (Å²) < 4.78 is 4.95. The minimum Gasteiger partial charge on any atom is -0.508 e. The molecule has 0 saturated heterocycles. The van der Waals surface area contributed by atoms with Crippen LogP contribution in [0.4, 0.5) is 0 Å². The molecule has 0 spiro atoms. The zero-order valence-electron chi connectivity index (χ0n) is 9.23. The second kappa shape index (κ2) is 4.01. The molecule has 0 atom stereocenters. The first kappa shape index (κ1) is 11.3. The fourth-order valence-corrected chi connectivity index (χ4v) is 1.78. The third kappa shape index (κ3) is 1.80. The van der Waals surface area contributed by atoms with Crippen molar-refractivity contribution in [2.45, 2.75) is 19.8 Å². The van der Waals surface area contributed by atoms with E-state index in [4.69, 9.17) is 4.42 Å². The summed E-state index contributed by atoms with van der Waals surface area (Å²) in [6.07, 6.45) is 1.03. The molecule has 2 rings (SSSR count). The number of benzene rings is 1. The van der Waals surface area contributed by atoms with Crippen LogP contribution in [-0.2, 0) is 6.42 Å². The lowest BCUT2D eigenvalue weighted by Gasteiger charge is -2.07. The highest BCUT2D eigenvalue weighted by Crippen LogP contribution is 2.36. The van der Waals surface area contributed by atoms with Crippen LogP contribution < -0.4 is 5.63 Å². The van der Waals surface area contributed by atoms with Gasteiger partial charge in [-0.15, -0.1) is 0 Å². The molecule has 0 aliphatic carbocycles. The van der Waals surface area contributed by atoms with Gasteiger partial charge in [-0.25, -0.2) is 4.79 Å². The van der Waals surface area contributed by atoms with Crippen molar-refractivity contribution in [1.29, 1.82) is 0 Å². The van der Waals surface area contributed by atoms with Crippen LogP contribution in [0.15, 0.2) is 21.3 Å². The monoisotopic (exact) mass is 236 g/mol. The van der Waals surface area contributed by atoms with E-state index in [1.54, 1.807) is 0 Å². The maximum absolute atomic E-state index is 11.6. The van der Waals surface area contributed by atoms with E-state index in [9.17, 15) is 20.1 Å². The van der Waals surface area contributed by atoms with E-state index < -0.39 is 5.63 Å². The lowest BCUT2D eigenvalue weighted by atomic mass is 10.1. The molecular formula is C12H12O5. The van der Waals surface area contributed by atoms with Crippen LogP contribution in [-0.4, -0.2) is 15.3 Å². The van der Waals surface area contributed by atoms with E-state index in [0.717, 1.165) is 6.07 Å². The first-order chi connectivity index (χ1) is 8.04. The molecule has 0 saturated carbocycles. The van der Waals surface area contributed by atoms with Gasteiger partial charge in [0.15, 0.2) is 0 Å². The SMILES string of the molecule is CCCc1c(O)c2c(O)cc(O)cc2oc1=O. The average Bonchev–Trinajstić information content (AvgIpc) is 2.22. The fourth-order valence-electron chi connectivity index (χ4n) is 1.78. The van der Waals surface area contributed by atoms with Gasteiger partial charge in [0.2, 0.25) is 0 Å². The number of phenols is 2. The summed E-state index contributed by atoms with van der Waals surface area (Å²) in [4.78, 5) is 11.6. The Kier molecular flexibility index (Phi) is 2.67. The van der Waals surface area contributed by atoms with E-state index in [1.165, 1.54) is 6.07 Å². The first-order valence-corrected chi connectivity index (χ1v) is 5.25. The zero-order valence-corrected chi connectivity index (χ0v) is 9.23. The second-order valence-electron chi connectivity index (χ2n) is 3.80. The molecule has 5 heteroatoms. The number of aromatic hydroxyl groups is 3. The maximum Gasteiger partial charge on any atom is 0.343 e. The largest absolute Gasteiger partial charge is 0.508 e. The van der Waals surface area contributed by atoms with Crippen LogP contribution >= 0.6 is 0 Å². The Morgan fingerprint density at radius 1 is 1.24 bits per heavy atom. The van der Waals surface area contributed by atoms with Crippen molar-refractivity contribution in [3.63, 3.8) is 0 Å². The van der Waals surface area contributed by atoms with Crippen molar-refractivity contribution in [3.8, 4) is 17.2 Å². The van der Waals surface area contributed by atoms with Crippen LogP contribution in [0.25, 0.3) is 11.0 Å². The standard InChI is InChI=1S/C12H12O5/c1-2-3-7-11(15)10-8(14)4-6(13)5-9(10)17-12(7)16/h4-5,13-15H,2-3H2,1H3. The average molecular weight is 236 g/mol. The first-order valence-electron chi connectivity index (χ1n) is 5.25. The van der Waals surface area contributed by atoms with Gasteiger partial charge in [0.25, 0.3) is 0 Å². The third-order valence-electron chi connectivity index (χ3n) is 2.54. The van der Waals surface area contributed by atoms with E-state index in [1.807, 2.05) is 6.92 Å². The highest BCUT2D eigenvalue weighted by atomic mass is 16.4. The summed E-state index contributed by atoms with van der Waals surface area (Å²) in [5.41, 5.74) is -0.548. The Bertz CT molecular complexity index is 627. The van der Waals surface area contributed by atoms with Gasteiger partial charge in [-0.05, 0) is 6.42 Å². The van der Waals surface area contributed by atoms with Crippen LogP contribution in [0.2, 0.25) is 0 Å². The lowest BCUT2D eigenvalue weighted by Crippen LogP contribution is -2.07. The molecule has 0 bridgehead atoms. The summed E-state index contributed by atoms with van der Waals surface area (Å²) in [5.74, 6) is -0.838. The maximum atomic E-state index is 11.6. The van der Waals surface area contributed by atoms with Crippen molar-refractivity contribution in [2.75, 3.05) is 0 Å². The Morgan fingerprint density at radius 3 is 2.59 bits per heavy atom. The number of rotatable bonds is 2. The third-order valence-corrected chi connectivity index (χ3v) is 2.54. The molecule has 0 amide bonds. The minimum atomic E-state index is -0.651. The van der Waals surface area contributed by atoms with Crippen LogP contribution in [0, 0.1) is 0 Å². The second-order valence-corrected chi connectivity index (χ2v) is 3.80. The normalized spacial score (nSPS) is 10.9. The smallest absolute Gasteiger partial charge is 0.343 e. The van der Waals surface area contributed by atoms with Gasteiger partial charge in [-0.1, -0.05) is 13.3 Å². The Labute approximate surface area is 96.6 Å². The molecule has 0 aliphatic rings. The molecule has 1 aromatic carbocycles. The Hall–Kier alpha value is -2.17. The summed E-state index contributed by atoms with van der Waals surface area (Å²) in [7, 11) is 0. The van der Waals surface area contributed by atoms with Crippen LogP contribution in [0.3, 0.4) is 0 Å². The van der Waals surface area contributed by atoms with Gasteiger partial charge in [0, 0.05) is 12.1 Å². The molecule has 1 aromatic heterocycles. The summed E-state index contributed by atoms with van der Waals surface area (Å²) in [6, 6.07) is 2.25. The van der Waals surface area contributed by atoms with Gasteiger partial charge in [0.1, 0.15) is 28.2 Å². The molecule has 0 radical (unpaired) electrons. The summed E-state index contributed by atoms with van der Waals surface area (Å²) in [6.45, 7) is 1.86. The summed E-state index contributed by atoms with van der Waals surface area (Å²) >= 11 is 0. The lowest BCUT2D eigenvalue weighted by molar-refractivity contribution is 0.435. The van der Waals surface area contributed by atoms with Gasteiger partial charge < -0.3 is 19.7 Å². The van der Waals surface area contributed by atoms with Gasteiger partial charge in [0.05, 0.1) is 5.56 Å². The summed E-state index contributed by atoms with van der Waals surface area (Å²) in [5, 5.41) is 28.9. The Balaban J connectivity index is 2.87. The number of phenolic OH excluding ortho intramolecular Hbond substituents is 2. The molecule has 0 unspecified atom stereocenters. The fraction of sp³-hybridized carbons (Fsp3) is 0.250. The van der Waals surface area contributed by atoms with Gasteiger partial charge in [-0.3, -0.25) is 0 Å². The molecule has 5 nitrogen and oxygen atoms in total. The molecule has 1 heterocycles. The molecular weight excluding hydrogens is 224 g/mol. The number of fused-ring (bicyclic) bond motifs is 1. The predicted octanol–water partition coefficient (Wildman–Crippen LogP) is 1.86. The van der Waals surface area contributed by atoms with E-state index in [2.05, 4.69) is 0 Å². The topological polar surface area (TPSA) is 90.9 Å². The number of hydrogen-bond acceptors (Lipinski definition) is 5. The number of hydrogen-bond donors (Lipinski definition) is 3. The van der Waals surface area contributed by atoms with Crippen molar-refractivity contribution in [1.82, 2.24) is 0 Å². The molecule has 2 aromatic rings. The highest BCUT2D eigenvalue weighted by molar-refractivity contribution is 5.91. The Morgan fingerprint density at radius 2 is 1.94 bits per heavy atom. The molecule has 0 fully saturated rings. The van der Waals surface area contributed by atoms with Gasteiger partial charge in [-0.2, -0.15) is 0 Å². The van der Waals surface area contributed by atoms with E-state index >= 15 is 0 Å². The van der Waals surface area contributed by atoms with Crippen molar-refractivity contribution >= 4 is 11.0 Å². The zero-order chi connectivity index (χ0) is 12.6. The van der Waals surface area contributed by atoms with Crippen molar-refractivity contribution < 1.29 is 19.7 Å². The van der Waals surface area contributed by atoms with E-state index in [0.29, 0.717) is 12.8 Å². The molecule has 90 valence electrons. The van der Waals surface area contributed by atoms with Crippen LogP contribution in [0.1, 0.15) is 18.9 Å². The molecule has 17 heavy (non-hydrogen) atoms. The van der Waals surface area contributed by atoms with Gasteiger partial charge >= 0.3 is 5.63 Å². The molecule has 0 aliphatic heterocycles. The highest BCUT2D eigenvalue weighted by Gasteiger charge is 2.16.